The summed E-state index contributed by atoms with van der Waals surface area (Å²) in [6, 6.07) is 13.5. The van der Waals surface area contributed by atoms with Crippen molar-refractivity contribution in [3.8, 4) is 11.5 Å². The highest BCUT2D eigenvalue weighted by molar-refractivity contribution is 9.10. The van der Waals surface area contributed by atoms with Crippen molar-refractivity contribution in [3.05, 3.63) is 58.1 Å². The molecule has 2 aromatic carbocycles. The molecule has 2 aromatic rings. The van der Waals surface area contributed by atoms with E-state index in [0.29, 0.717) is 0 Å². The molecular formula is C15H14BrClO2. The van der Waals surface area contributed by atoms with Gasteiger partial charge >= 0.3 is 0 Å². The van der Waals surface area contributed by atoms with Gasteiger partial charge in [0.05, 0.1) is 19.6 Å². The van der Waals surface area contributed by atoms with E-state index < -0.39 is 0 Å². The maximum Gasteiger partial charge on any atom is 0.123 e. The Morgan fingerprint density at radius 2 is 1.74 bits per heavy atom. The number of hydrogen-bond acceptors (Lipinski definition) is 2. The topological polar surface area (TPSA) is 18.5 Å². The molecule has 0 aliphatic rings. The number of alkyl halides is 1. The van der Waals surface area contributed by atoms with Crippen LogP contribution < -0.4 is 9.47 Å². The summed E-state index contributed by atoms with van der Waals surface area (Å²) in [6.45, 7) is 0. The summed E-state index contributed by atoms with van der Waals surface area (Å²) in [6.07, 6.45) is 0. The second kappa shape index (κ2) is 6.31. The monoisotopic (exact) mass is 340 g/mol. The predicted octanol–water partition coefficient (Wildman–Crippen LogP) is 4.79. The third-order valence-corrected chi connectivity index (χ3v) is 4.05. The third kappa shape index (κ3) is 3.04. The van der Waals surface area contributed by atoms with Gasteiger partial charge in [0.2, 0.25) is 0 Å². The molecule has 0 spiro atoms. The predicted molar refractivity (Wildman–Crippen MR) is 81.4 cm³/mol. The lowest BCUT2D eigenvalue weighted by atomic mass is 10.0. The minimum absolute atomic E-state index is 0.281. The second-order valence-electron chi connectivity index (χ2n) is 3.99. The lowest BCUT2D eigenvalue weighted by molar-refractivity contribution is 0.410. The minimum atomic E-state index is -0.281. The summed E-state index contributed by atoms with van der Waals surface area (Å²) in [5.74, 6) is 1.57. The molecule has 0 saturated heterocycles. The van der Waals surface area contributed by atoms with Gasteiger partial charge in [-0.1, -0.05) is 40.2 Å². The molecule has 0 fully saturated rings. The van der Waals surface area contributed by atoms with Crippen molar-refractivity contribution < 1.29 is 9.47 Å². The molecule has 0 aliphatic heterocycles. The summed E-state index contributed by atoms with van der Waals surface area (Å²) in [5.41, 5.74) is 1.92. The molecule has 0 aliphatic carbocycles. The summed E-state index contributed by atoms with van der Waals surface area (Å²) in [5, 5.41) is -0.281. The maximum absolute atomic E-state index is 6.57. The quantitative estimate of drug-likeness (QED) is 0.744. The van der Waals surface area contributed by atoms with Crippen LogP contribution in [0.4, 0.5) is 0 Å². The summed E-state index contributed by atoms with van der Waals surface area (Å²) in [7, 11) is 3.28. The van der Waals surface area contributed by atoms with Gasteiger partial charge in [0.15, 0.2) is 0 Å². The molecule has 0 bridgehead atoms. The van der Waals surface area contributed by atoms with Crippen molar-refractivity contribution in [1.82, 2.24) is 0 Å². The van der Waals surface area contributed by atoms with E-state index in [0.717, 1.165) is 27.1 Å². The van der Waals surface area contributed by atoms with Gasteiger partial charge in [0.1, 0.15) is 11.5 Å². The summed E-state index contributed by atoms with van der Waals surface area (Å²) >= 11 is 10.1. The average Bonchev–Trinajstić information content (AvgIpc) is 2.46. The lowest BCUT2D eigenvalue weighted by Gasteiger charge is -2.16. The first kappa shape index (κ1) is 14.2. The smallest absolute Gasteiger partial charge is 0.123 e. The Kier molecular flexibility index (Phi) is 4.72. The van der Waals surface area contributed by atoms with Crippen molar-refractivity contribution >= 4 is 27.5 Å². The zero-order valence-electron chi connectivity index (χ0n) is 10.7. The number of ether oxygens (including phenoxy) is 2. The molecule has 19 heavy (non-hydrogen) atoms. The van der Waals surface area contributed by atoms with Crippen LogP contribution in [0.3, 0.4) is 0 Å². The molecule has 0 N–H and O–H groups in total. The highest BCUT2D eigenvalue weighted by Gasteiger charge is 2.18. The minimum Gasteiger partial charge on any atom is -0.497 e. The SMILES string of the molecule is COc1ccc(C(Cl)c2ccccc2OC)c(Br)c1. The first-order valence-electron chi connectivity index (χ1n) is 5.77. The van der Waals surface area contributed by atoms with Gasteiger partial charge in [-0.25, -0.2) is 0 Å². The molecule has 2 rings (SSSR count). The van der Waals surface area contributed by atoms with E-state index in [4.69, 9.17) is 21.1 Å². The van der Waals surface area contributed by atoms with E-state index in [1.807, 2.05) is 42.5 Å². The van der Waals surface area contributed by atoms with E-state index in [1.54, 1.807) is 14.2 Å². The molecule has 0 heterocycles. The highest BCUT2D eigenvalue weighted by Crippen LogP contribution is 2.39. The van der Waals surface area contributed by atoms with Crippen LogP contribution in [0.1, 0.15) is 16.5 Å². The van der Waals surface area contributed by atoms with Gasteiger partial charge in [0.25, 0.3) is 0 Å². The van der Waals surface area contributed by atoms with Gasteiger partial charge in [-0.3, -0.25) is 0 Å². The maximum atomic E-state index is 6.57. The van der Waals surface area contributed by atoms with Crippen LogP contribution in [-0.4, -0.2) is 14.2 Å². The van der Waals surface area contributed by atoms with Crippen molar-refractivity contribution in [3.63, 3.8) is 0 Å². The normalized spacial score (nSPS) is 12.0. The zero-order chi connectivity index (χ0) is 13.8. The van der Waals surface area contributed by atoms with Gasteiger partial charge in [-0.05, 0) is 23.8 Å². The van der Waals surface area contributed by atoms with Gasteiger partial charge < -0.3 is 9.47 Å². The van der Waals surface area contributed by atoms with Crippen LogP contribution in [0.15, 0.2) is 46.9 Å². The third-order valence-electron chi connectivity index (χ3n) is 2.89. The molecular weight excluding hydrogens is 328 g/mol. The van der Waals surface area contributed by atoms with E-state index >= 15 is 0 Å². The number of rotatable bonds is 4. The summed E-state index contributed by atoms with van der Waals surface area (Å²) in [4.78, 5) is 0. The van der Waals surface area contributed by atoms with Crippen LogP contribution in [0.2, 0.25) is 0 Å². The van der Waals surface area contributed by atoms with Crippen LogP contribution in [-0.2, 0) is 0 Å². The molecule has 0 aromatic heterocycles. The van der Waals surface area contributed by atoms with Crippen LogP contribution in [0, 0.1) is 0 Å². The number of benzene rings is 2. The fourth-order valence-corrected chi connectivity index (χ4v) is 2.97. The Morgan fingerprint density at radius 3 is 2.37 bits per heavy atom. The molecule has 1 unspecified atom stereocenters. The van der Waals surface area contributed by atoms with E-state index in [9.17, 15) is 0 Å². The lowest BCUT2D eigenvalue weighted by Crippen LogP contribution is -1.98. The van der Waals surface area contributed by atoms with Gasteiger partial charge in [0, 0.05) is 10.0 Å². The number of para-hydroxylation sites is 1. The van der Waals surface area contributed by atoms with Crippen LogP contribution >= 0.6 is 27.5 Å². The highest BCUT2D eigenvalue weighted by atomic mass is 79.9. The molecule has 4 heteroatoms. The van der Waals surface area contributed by atoms with Crippen molar-refractivity contribution in [2.75, 3.05) is 14.2 Å². The Bertz CT molecular complexity index is 572. The van der Waals surface area contributed by atoms with Crippen molar-refractivity contribution in [1.29, 1.82) is 0 Å². The molecule has 0 radical (unpaired) electrons. The number of methoxy groups -OCH3 is 2. The first-order chi connectivity index (χ1) is 9.17. The fourth-order valence-electron chi connectivity index (χ4n) is 1.88. The first-order valence-corrected chi connectivity index (χ1v) is 7.00. The van der Waals surface area contributed by atoms with Crippen molar-refractivity contribution in [2.45, 2.75) is 5.38 Å². The Balaban J connectivity index is 2.41. The average molecular weight is 342 g/mol. The van der Waals surface area contributed by atoms with Gasteiger partial charge in [-0.2, -0.15) is 0 Å². The Morgan fingerprint density at radius 1 is 1.00 bits per heavy atom. The van der Waals surface area contributed by atoms with Crippen LogP contribution in [0.5, 0.6) is 11.5 Å². The Hall–Kier alpha value is -1.19. The molecule has 100 valence electrons. The number of hydrogen-bond donors (Lipinski definition) is 0. The molecule has 0 saturated carbocycles. The zero-order valence-corrected chi connectivity index (χ0v) is 13.0. The van der Waals surface area contributed by atoms with Crippen molar-refractivity contribution in [2.24, 2.45) is 0 Å². The van der Waals surface area contributed by atoms with Gasteiger partial charge in [-0.15, -0.1) is 11.6 Å². The van der Waals surface area contributed by atoms with E-state index in [-0.39, 0.29) is 5.38 Å². The standard InChI is InChI=1S/C15H14BrClO2/c1-18-10-7-8-11(13(16)9-10)15(17)12-5-3-4-6-14(12)19-2/h3-9,15H,1-2H3. The molecule has 0 amide bonds. The van der Waals surface area contributed by atoms with E-state index in [1.165, 1.54) is 0 Å². The number of halogens is 2. The summed E-state index contributed by atoms with van der Waals surface area (Å²) < 4.78 is 11.4. The molecule has 2 nitrogen and oxygen atoms in total. The Labute approximate surface area is 126 Å². The fraction of sp³-hybridized carbons (Fsp3) is 0.200. The van der Waals surface area contributed by atoms with E-state index in [2.05, 4.69) is 15.9 Å². The molecule has 1 atom stereocenters. The van der Waals surface area contributed by atoms with Crippen LogP contribution in [0.25, 0.3) is 0 Å². The largest absolute Gasteiger partial charge is 0.497 e. The second-order valence-corrected chi connectivity index (χ2v) is 5.28.